The van der Waals surface area contributed by atoms with Crippen molar-refractivity contribution in [2.75, 3.05) is 12.3 Å². The summed E-state index contributed by atoms with van der Waals surface area (Å²) in [5.41, 5.74) is 1.20. The summed E-state index contributed by atoms with van der Waals surface area (Å²) < 4.78 is 0. The van der Waals surface area contributed by atoms with Gasteiger partial charge in [0.25, 0.3) is 5.56 Å². The molecule has 5 nitrogen and oxygen atoms in total. The molecule has 2 atom stereocenters. The Bertz CT molecular complexity index is 904. The summed E-state index contributed by atoms with van der Waals surface area (Å²) in [6.45, 7) is 5.28. The van der Waals surface area contributed by atoms with Crippen molar-refractivity contribution in [1.82, 2.24) is 14.9 Å². The smallest absolute Gasteiger partial charge is 0.259 e. The lowest BCUT2D eigenvalue weighted by Gasteiger charge is -2.33. The van der Waals surface area contributed by atoms with Gasteiger partial charge in [0.1, 0.15) is 10.7 Å². The first-order chi connectivity index (χ1) is 13.0. The number of thiophene rings is 1. The number of hydrogen-bond donors (Lipinski definition) is 1. The Kier molecular flexibility index (Phi) is 5.60. The summed E-state index contributed by atoms with van der Waals surface area (Å²) in [7, 11) is 0. The Morgan fingerprint density at radius 1 is 1.33 bits per heavy atom. The second-order valence-corrected chi connectivity index (χ2v) is 10.0. The van der Waals surface area contributed by atoms with E-state index in [1.807, 2.05) is 4.90 Å². The van der Waals surface area contributed by atoms with E-state index in [0.717, 1.165) is 48.9 Å². The lowest BCUT2D eigenvalue weighted by atomic mass is 9.89. The minimum absolute atomic E-state index is 0.0152. The fourth-order valence-corrected chi connectivity index (χ4v) is 6.42. The highest BCUT2D eigenvalue weighted by Gasteiger charge is 2.24. The molecule has 0 radical (unpaired) electrons. The minimum Gasteiger partial charge on any atom is -0.339 e. The highest BCUT2D eigenvalue weighted by atomic mass is 32.2. The van der Waals surface area contributed by atoms with Crippen LogP contribution in [0.4, 0.5) is 0 Å². The van der Waals surface area contributed by atoms with Crippen LogP contribution in [0.2, 0.25) is 0 Å². The van der Waals surface area contributed by atoms with Crippen LogP contribution in [0, 0.1) is 5.92 Å². The fraction of sp³-hybridized carbons (Fsp3) is 0.650. The number of likely N-dealkylation sites (tertiary alicyclic amines) is 1. The molecule has 0 spiro atoms. The van der Waals surface area contributed by atoms with Crippen molar-refractivity contribution in [2.24, 2.45) is 5.92 Å². The number of aryl methyl sites for hydroxylation is 1. The van der Waals surface area contributed by atoms with Crippen molar-refractivity contribution >= 4 is 39.2 Å². The van der Waals surface area contributed by atoms with Gasteiger partial charge in [0.15, 0.2) is 0 Å². The van der Waals surface area contributed by atoms with Crippen LogP contribution in [0.5, 0.6) is 0 Å². The number of H-pyrrole nitrogens is 1. The van der Waals surface area contributed by atoms with Crippen LogP contribution < -0.4 is 5.56 Å². The Morgan fingerprint density at radius 3 is 3.00 bits per heavy atom. The highest BCUT2D eigenvalue weighted by molar-refractivity contribution is 7.99. The Labute approximate surface area is 167 Å². The van der Waals surface area contributed by atoms with Gasteiger partial charge in [0, 0.05) is 17.5 Å². The van der Waals surface area contributed by atoms with E-state index in [9.17, 15) is 9.59 Å². The van der Waals surface area contributed by atoms with E-state index in [2.05, 4.69) is 18.8 Å². The van der Waals surface area contributed by atoms with E-state index in [1.54, 1.807) is 23.1 Å². The molecule has 4 rings (SSSR count). The zero-order chi connectivity index (χ0) is 19.0. The van der Waals surface area contributed by atoms with Crippen molar-refractivity contribution in [3.05, 3.63) is 26.6 Å². The molecule has 0 saturated carbocycles. The maximum Gasteiger partial charge on any atom is 0.259 e. The number of aromatic amines is 1. The van der Waals surface area contributed by atoms with E-state index in [0.29, 0.717) is 29.3 Å². The molecule has 27 heavy (non-hydrogen) atoms. The lowest BCUT2D eigenvalue weighted by molar-refractivity contribution is -0.131. The number of piperidine rings is 1. The van der Waals surface area contributed by atoms with Gasteiger partial charge in [-0.1, -0.05) is 6.92 Å². The standard InChI is InChI=1S/C20H27N3O2S2/c1-12-6-7-14-15(9-12)27-20-18(14)19(25)21-16(22-20)10-26-11-17(24)23-8-4-3-5-13(23)2/h12-13H,3-11H2,1-2H3,(H,21,22,25)/t12-,13-/m0/s1. The van der Waals surface area contributed by atoms with Crippen LogP contribution in [-0.4, -0.2) is 39.1 Å². The highest BCUT2D eigenvalue weighted by Crippen LogP contribution is 2.35. The maximum absolute atomic E-state index is 12.6. The first-order valence-electron chi connectivity index (χ1n) is 9.93. The second-order valence-electron chi connectivity index (χ2n) is 7.97. The summed E-state index contributed by atoms with van der Waals surface area (Å²) in [6.07, 6.45) is 6.61. The Balaban J connectivity index is 1.44. The number of carbonyl (C=O) groups is 1. The molecule has 1 amide bonds. The molecule has 146 valence electrons. The number of carbonyl (C=O) groups excluding carboxylic acids is 1. The molecule has 0 unspecified atom stereocenters. The zero-order valence-electron chi connectivity index (χ0n) is 16.0. The average Bonchev–Trinajstić information content (AvgIpc) is 2.99. The molecule has 1 aliphatic heterocycles. The van der Waals surface area contributed by atoms with Crippen molar-refractivity contribution in [2.45, 2.75) is 64.2 Å². The monoisotopic (exact) mass is 405 g/mol. The van der Waals surface area contributed by atoms with E-state index in [4.69, 9.17) is 4.98 Å². The first-order valence-corrected chi connectivity index (χ1v) is 11.9. The molecule has 7 heteroatoms. The van der Waals surface area contributed by atoms with Crippen LogP contribution in [0.15, 0.2) is 4.79 Å². The number of hydrogen-bond acceptors (Lipinski definition) is 5. The van der Waals surface area contributed by atoms with Gasteiger partial charge in [0.05, 0.1) is 16.9 Å². The first kappa shape index (κ1) is 19.0. The maximum atomic E-state index is 12.6. The minimum atomic E-state index is -0.0152. The molecule has 2 aromatic heterocycles. The largest absolute Gasteiger partial charge is 0.339 e. The summed E-state index contributed by atoms with van der Waals surface area (Å²) in [6, 6.07) is 0.348. The molecule has 1 aliphatic carbocycles. The Hall–Kier alpha value is -1.34. The normalized spacial score (nSPS) is 22.8. The molecule has 0 bridgehead atoms. The topological polar surface area (TPSA) is 66.1 Å². The van der Waals surface area contributed by atoms with E-state index in [1.165, 1.54) is 16.9 Å². The summed E-state index contributed by atoms with van der Waals surface area (Å²) in [4.78, 5) is 36.9. The van der Waals surface area contributed by atoms with Crippen LogP contribution in [-0.2, 0) is 23.4 Å². The van der Waals surface area contributed by atoms with E-state index in [-0.39, 0.29) is 11.5 Å². The molecule has 1 saturated heterocycles. The molecule has 2 aliphatic rings. The third-order valence-electron chi connectivity index (χ3n) is 5.80. The van der Waals surface area contributed by atoms with Gasteiger partial charge >= 0.3 is 0 Å². The molecule has 1 fully saturated rings. The van der Waals surface area contributed by atoms with Gasteiger partial charge in [0.2, 0.25) is 5.91 Å². The van der Waals surface area contributed by atoms with Crippen molar-refractivity contribution < 1.29 is 4.79 Å². The average molecular weight is 406 g/mol. The molecule has 1 N–H and O–H groups in total. The fourth-order valence-electron chi connectivity index (χ4n) is 4.25. The van der Waals surface area contributed by atoms with Crippen molar-refractivity contribution in [3.8, 4) is 0 Å². The van der Waals surface area contributed by atoms with E-state index >= 15 is 0 Å². The van der Waals surface area contributed by atoms with Gasteiger partial charge in [-0.25, -0.2) is 4.98 Å². The molecule has 0 aromatic carbocycles. The number of thioether (sulfide) groups is 1. The zero-order valence-corrected chi connectivity index (χ0v) is 17.7. The van der Waals surface area contributed by atoms with E-state index < -0.39 is 0 Å². The summed E-state index contributed by atoms with van der Waals surface area (Å²) in [5.74, 6) is 2.59. The lowest BCUT2D eigenvalue weighted by Crippen LogP contribution is -2.42. The number of amides is 1. The van der Waals surface area contributed by atoms with Gasteiger partial charge in [-0.15, -0.1) is 23.1 Å². The number of fused-ring (bicyclic) bond motifs is 3. The second kappa shape index (κ2) is 7.95. The number of aromatic nitrogens is 2. The van der Waals surface area contributed by atoms with Crippen LogP contribution in [0.1, 0.15) is 55.8 Å². The van der Waals surface area contributed by atoms with Gasteiger partial charge in [-0.3, -0.25) is 9.59 Å². The van der Waals surface area contributed by atoms with Gasteiger partial charge < -0.3 is 9.88 Å². The van der Waals surface area contributed by atoms with Crippen molar-refractivity contribution in [1.29, 1.82) is 0 Å². The predicted molar refractivity (Wildman–Crippen MR) is 113 cm³/mol. The number of nitrogens with one attached hydrogen (secondary N) is 1. The predicted octanol–water partition coefficient (Wildman–Crippen LogP) is 3.74. The Morgan fingerprint density at radius 2 is 2.19 bits per heavy atom. The van der Waals surface area contributed by atoms with Gasteiger partial charge in [-0.2, -0.15) is 0 Å². The van der Waals surface area contributed by atoms with Crippen LogP contribution in [0.3, 0.4) is 0 Å². The summed E-state index contributed by atoms with van der Waals surface area (Å²) in [5, 5.41) is 0.800. The molecule has 2 aromatic rings. The van der Waals surface area contributed by atoms with Crippen LogP contribution >= 0.6 is 23.1 Å². The summed E-state index contributed by atoms with van der Waals surface area (Å²) >= 11 is 3.22. The van der Waals surface area contributed by atoms with Gasteiger partial charge in [-0.05, 0) is 56.9 Å². The quantitative estimate of drug-likeness (QED) is 0.841. The number of rotatable bonds is 4. The molecule has 3 heterocycles. The SMILES string of the molecule is C[C@H]1CCc2c(sc3nc(CSCC(=O)N4CCCC[C@@H]4C)[nH]c(=O)c23)C1. The molecular formula is C20H27N3O2S2. The van der Waals surface area contributed by atoms with Crippen molar-refractivity contribution in [3.63, 3.8) is 0 Å². The third-order valence-corrected chi connectivity index (χ3v) is 7.88. The number of nitrogens with zero attached hydrogens (tertiary/aromatic N) is 2. The molecular weight excluding hydrogens is 378 g/mol. The third kappa shape index (κ3) is 3.94. The van der Waals surface area contributed by atoms with Crippen LogP contribution in [0.25, 0.3) is 10.2 Å².